The Balaban J connectivity index is 1.57. The van der Waals surface area contributed by atoms with Gasteiger partial charge in [0.25, 0.3) is 15.9 Å². The number of nitrogens with one attached hydrogen (secondary N) is 2. The van der Waals surface area contributed by atoms with Gasteiger partial charge in [0.15, 0.2) is 18.2 Å². The van der Waals surface area contributed by atoms with Gasteiger partial charge >= 0.3 is 0 Å². The van der Waals surface area contributed by atoms with Gasteiger partial charge in [-0.1, -0.05) is 0 Å². The largest absolute Gasteiger partial charge is 0.484 e. The highest BCUT2D eigenvalue weighted by Gasteiger charge is 2.16. The van der Waals surface area contributed by atoms with Gasteiger partial charge < -0.3 is 10.1 Å². The van der Waals surface area contributed by atoms with E-state index in [0.717, 1.165) is 12.1 Å². The summed E-state index contributed by atoms with van der Waals surface area (Å²) in [6.45, 7) is -0.267. The van der Waals surface area contributed by atoms with Crippen molar-refractivity contribution in [3.8, 4) is 11.8 Å². The molecule has 0 heterocycles. The zero-order valence-electron chi connectivity index (χ0n) is 15.8. The molecule has 2 N–H and O–H groups in total. The molecule has 3 rings (SSSR count). The maximum absolute atomic E-state index is 13.3. The van der Waals surface area contributed by atoms with Crippen molar-refractivity contribution in [2.75, 3.05) is 16.6 Å². The van der Waals surface area contributed by atoms with Crippen LogP contribution in [0.2, 0.25) is 0 Å². The summed E-state index contributed by atoms with van der Waals surface area (Å²) in [5.41, 5.74) is 1.03. The Morgan fingerprint density at radius 2 is 1.58 bits per heavy atom. The van der Waals surface area contributed by atoms with Gasteiger partial charge in [-0.3, -0.25) is 9.52 Å². The topological polar surface area (TPSA) is 108 Å². The van der Waals surface area contributed by atoms with Crippen LogP contribution >= 0.6 is 0 Å². The SMILES string of the molecule is N#Cc1ccc(OCC(=O)Nc2ccc(NS(=O)(=O)c3ccc(F)c(F)c3)cc2)cc1. The lowest BCUT2D eigenvalue weighted by atomic mass is 10.2. The maximum atomic E-state index is 13.3. The van der Waals surface area contributed by atoms with Gasteiger partial charge in [-0.05, 0) is 66.7 Å². The second-order valence-corrected chi connectivity index (χ2v) is 7.91. The summed E-state index contributed by atoms with van der Waals surface area (Å²) >= 11 is 0. The standard InChI is InChI=1S/C21H15F2N3O4S/c22-19-10-9-18(11-20(19)23)31(28,29)26-16-5-3-15(4-6-16)25-21(27)13-30-17-7-1-14(12-24)2-8-17/h1-11,26H,13H2,(H,25,27). The average Bonchev–Trinajstić information content (AvgIpc) is 2.75. The number of anilines is 2. The molecule has 0 saturated carbocycles. The Morgan fingerprint density at radius 3 is 2.19 bits per heavy atom. The Morgan fingerprint density at radius 1 is 0.935 bits per heavy atom. The minimum atomic E-state index is -4.12. The Hall–Kier alpha value is -3.97. The van der Waals surface area contributed by atoms with Crippen molar-refractivity contribution >= 4 is 27.3 Å². The second-order valence-electron chi connectivity index (χ2n) is 6.23. The fourth-order valence-electron chi connectivity index (χ4n) is 2.45. The summed E-state index contributed by atoms with van der Waals surface area (Å²) in [6.07, 6.45) is 0. The van der Waals surface area contributed by atoms with E-state index in [1.165, 1.54) is 24.3 Å². The van der Waals surface area contributed by atoms with E-state index in [1.54, 1.807) is 24.3 Å². The molecule has 0 aliphatic carbocycles. The van der Waals surface area contributed by atoms with E-state index in [-0.39, 0.29) is 12.3 Å². The minimum Gasteiger partial charge on any atom is -0.484 e. The van der Waals surface area contributed by atoms with E-state index in [4.69, 9.17) is 10.00 Å². The molecule has 158 valence electrons. The summed E-state index contributed by atoms with van der Waals surface area (Å²) < 4.78 is 58.4. The van der Waals surface area contributed by atoms with Gasteiger partial charge in [0.2, 0.25) is 0 Å². The summed E-state index contributed by atoms with van der Waals surface area (Å²) in [6, 6.07) is 16.2. The quantitative estimate of drug-likeness (QED) is 0.579. The average molecular weight is 443 g/mol. The van der Waals surface area contributed by atoms with E-state index in [2.05, 4.69) is 10.0 Å². The Labute approximate surface area is 176 Å². The molecule has 0 radical (unpaired) electrons. The van der Waals surface area contributed by atoms with Gasteiger partial charge in [0.1, 0.15) is 5.75 Å². The molecular weight excluding hydrogens is 428 g/mol. The normalized spacial score (nSPS) is 10.7. The molecule has 0 fully saturated rings. The van der Waals surface area contributed by atoms with Crippen LogP contribution in [-0.2, 0) is 14.8 Å². The van der Waals surface area contributed by atoms with E-state index in [0.29, 0.717) is 23.1 Å². The molecular formula is C21H15F2N3O4S. The van der Waals surface area contributed by atoms with Crippen LogP contribution < -0.4 is 14.8 Å². The molecule has 0 atom stereocenters. The lowest BCUT2D eigenvalue weighted by Gasteiger charge is -2.10. The molecule has 0 unspecified atom stereocenters. The van der Waals surface area contributed by atoms with Crippen LogP contribution in [0.3, 0.4) is 0 Å². The number of hydrogen-bond acceptors (Lipinski definition) is 5. The van der Waals surface area contributed by atoms with Crippen LogP contribution in [0.1, 0.15) is 5.56 Å². The summed E-state index contributed by atoms with van der Waals surface area (Å²) in [7, 11) is -4.12. The van der Waals surface area contributed by atoms with Crippen LogP contribution in [0.15, 0.2) is 71.6 Å². The van der Waals surface area contributed by atoms with Gasteiger partial charge in [-0.25, -0.2) is 17.2 Å². The highest BCUT2D eigenvalue weighted by atomic mass is 32.2. The van der Waals surface area contributed by atoms with Gasteiger partial charge in [-0.15, -0.1) is 0 Å². The smallest absolute Gasteiger partial charge is 0.262 e. The number of amides is 1. The van der Waals surface area contributed by atoms with E-state index in [9.17, 15) is 22.0 Å². The van der Waals surface area contributed by atoms with Gasteiger partial charge in [0.05, 0.1) is 16.5 Å². The molecule has 31 heavy (non-hydrogen) atoms. The first-order valence-corrected chi connectivity index (χ1v) is 10.3. The maximum Gasteiger partial charge on any atom is 0.262 e. The number of ether oxygens (including phenoxy) is 1. The number of nitrogens with zero attached hydrogens (tertiary/aromatic N) is 1. The first-order valence-electron chi connectivity index (χ1n) is 8.77. The molecule has 10 heteroatoms. The zero-order valence-corrected chi connectivity index (χ0v) is 16.6. The highest BCUT2D eigenvalue weighted by Crippen LogP contribution is 2.20. The van der Waals surface area contributed by atoms with Gasteiger partial charge in [0, 0.05) is 11.4 Å². The lowest BCUT2D eigenvalue weighted by Crippen LogP contribution is -2.20. The number of sulfonamides is 1. The van der Waals surface area contributed by atoms with Crippen LogP contribution in [0.4, 0.5) is 20.2 Å². The third kappa shape index (κ3) is 5.77. The number of benzene rings is 3. The molecule has 0 spiro atoms. The molecule has 0 aliphatic heterocycles. The number of carbonyl (C=O) groups is 1. The molecule has 0 aromatic heterocycles. The highest BCUT2D eigenvalue weighted by molar-refractivity contribution is 7.92. The monoisotopic (exact) mass is 443 g/mol. The first-order chi connectivity index (χ1) is 14.8. The fourth-order valence-corrected chi connectivity index (χ4v) is 3.52. The molecule has 0 aliphatic rings. The van der Waals surface area contributed by atoms with Crippen molar-refractivity contribution < 1.29 is 26.7 Å². The van der Waals surface area contributed by atoms with Crippen molar-refractivity contribution in [1.29, 1.82) is 5.26 Å². The van der Waals surface area contributed by atoms with Crippen molar-refractivity contribution in [1.82, 2.24) is 0 Å². The van der Waals surface area contributed by atoms with Crippen molar-refractivity contribution in [2.24, 2.45) is 0 Å². The second kappa shape index (κ2) is 9.23. The van der Waals surface area contributed by atoms with E-state index >= 15 is 0 Å². The lowest BCUT2D eigenvalue weighted by molar-refractivity contribution is -0.118. The van der Waals surface area contributed by atoms with Crippen molar-refractivity contribution in [3.63, 3.8) is 0 Å². The molecule has 3 aromatic rings. The van der Waals surface area contributed by atoms with Crippen LogP contribution in [0.5, 0.6) is 5.75 Å². The minimum absolute atomic E-state index is 0.163. The molecule has 7 nitrogen and oxygen atoms in total. The van der Waals surface area contributed by atoms with Gasteiger partial charge in [-0.2, -0.15) is 5.26 Å². The third-order valence-corrected chi connectivity index (χ3v) is 5.35. The Kier molecular flexibility index (Phi) is 6.47. The number of rotatable bonds is 7. The van der Waals surface area contributed by atoms with Crippen LogP contribution in [0.25, 0.3) is 0 Å². The van der Waals surface area contributed by atoms with Crippen LogP contribution in [0, 0.1) is 23.0 Å². The summed E-state index contributed by atoms with van der Waals surface area (Å²) in [4.78, 5) is 11.6. The van der Waals surface area contributed by atoms with E-state index < -0.39 is 32.5 Å². The third-order valence-electron chi connectivity index (χ3n) is 3.98. The number of halogens is 2. The molecule has 0 saturated heterocycles. The Bertz CT molecular complexity index is 1240. The summed E-state index contributed by atoms with van der Waals surface area (Å²) in [5, 5.41) is 11.3. The van der Waals surface area contributed by atoms with E-state index in [1.807, 2.05) is 6.07 Å². The fraction of sp³-hybridized carbons (Fsp3) is 0.0476. The molecule has 0 bridgehead atoms. The first kappa shape index (κ1) is 21.7. The van der Waals surface area contributed by atoms with Crippen molar-refractivity contribution in [2.45, 2.75) is 4.90 Å². The number of carbonyl (C=O) groups excluding carboxylic acids is 1. The van der Waals surface area contributed by atoms with Crippen molar-refractivity contribution in [3.05, 3.63) is 83.9 Å². The predicted molar refractivity (Wildman–Crippen MR) is 109 cm³/mol. The zero-order chi connectivity index (χ0) is 22.4. The number of hydrogen-bond donors (Lipinski definition) is 2. The number of nitriles is 1. The predicted octanol–water partition coefficient (Wildman–Crippen LogP) is 3.65. The molecule has 1 amide bonds. The molecule has 3 aromatic carbocycles. The van der Waals surface area contributed by atoms with Crippen LogP contribution in [-0.4, -0.2) is 20.9 Å². The summed E-state index contributed by atoms with van der Waals surface area (Å²) in [5.74, 6) is -2.44.